The highest BCUT2D eigenvalue weighted by atomic mass is 32.2. The van der Waals surface area contributed by atoms with E-state index in [-0.39, 0.29) is 26.1 Å². The Hall–Kier alpha value is -1.35. The summed E-state index contributed by atoms with van der Waals surface area (Å²) in [5.41, 5.74) is 0. The van der Waals surface area contributed by atoms with E-state index >= 15 is 0 Å². The minimum atomic E-state index is -4.61. The van der Waals surface area contributed by atoms with Crippen molar-refractivity contribution in [1.82, 2.24) is 0 Å². The number of rotatable bonds is 28. The van der Waals surface area contributed by atoms with E-state index in [0.29, 0.717) is 12.8 Å². The van der Waals surface area contributed by atoms with Gasteiger partial charge in [-0.15, -0.1) is 0 Å². The van der Waals surface area contributed by atoms with E-state index < -0.39 is 64.6 Å². The van der Waals surface area contributed by atoms with E-state index in [2.05, 4.69) is 13.8 Å². The van der Waals surface area contributed by atoms with Crippen LogP contribution in [0.3, 0.4) is 0 Å². The fourth-order valence-electron chi connectivity index (χ4n) is 5.37. The van der Waals surface area contributed by atoms with Crippen molar-refractivity contribution in [2.45, 2.75) is 179 Å². The molecule has 4 N–H and O–H groups in total. The van der Waals surface area contributed by atoms with Crippen LogP contribution in [0.2, 0.25) is 0 Å². The van der Waals surface area contributed by atoms with Crippen molar-refractivity contribution in [2.24, 2.45) is 0 Å². The summed E-state index contributed by atoms with van der Waals surface area (Å²) >= 11 is 0. The molecular weight excluding hydrogens is 620 g/mol. The lowest BCUT2D eigenvalue weighted by Gasteiger charge is -2.40. The summed E-state index contributed by atoms with van der Waals surface area (Å²) in [5.74, 6) is -1.99. The Bertz CT molecular complexity index is 861. The van der Waals surface area contributed by atoms with Crippen LogP contribution in [0.5, 0.6) is 0 Å². The minimum Gasteiger partial charge on any atom is -0.463 e. The van der Waals surface area contributed by atoms with E-state index in [4.69, 9.17) is 18.9 Å². The number of aliphatic hydroxyl groups is 3. The quantitative estimate of drug-likeness (QED) is 0.0493. The van der Waals surface area contributed by atoms with Gasteiger partial charge in [0, 0.05) is 12.8 Å². The zero-order valence-corrected chi connectivity index (χ0v) is 29.0. The van der Waals surface area contributed by atoms with Crippen LogP contribution in [0.25, 0.3) is 0 Å². The Labute approximate surface area is 276 Å². The molecule has 0 amide bonds. The summed E-state index contributed by atoms with van der Waals surface area (Å²) in [4.78, 5) is 24.8. The molecule has 5 atom stereocenters. The number of carbonyl (C=O) groups is 2. The Kier molecular flexibility index (Phi) is 23.8. The first-order valence-electron chi connectivity index (χ1n) is 17.6. The minimum absolute atomic E-state index is 0.199. The number of unbranched alkanes of at least 4 members (excludes halogenated alkanes) is 16. The van der Waals surface area contributed by atoms with Crippen molar-refractivity contribution >= 4 is 22.1 Å². The second-order valence-electron chi connectivity index (χ2n) is 12.5. The van der Waals surface area contributed by atoms with E-state index in [1.807, 2.05) is 0 Å². The molecule has 0 bridgehead atoms. The molecule has 1 aliphatic rings. The lowest BCUT2D eigenvalue weighted by Crippen LogP contribution is -2.60. The number of carbonyl (C=O) groups excluding carboxylic acids is 2. The number of hydrogen-bond donors (Lipinski definition) is 4. The molecule has 0 saturated carbocycles. The number of hydrogen-bond acceptors (Lipinski definition) is 11. The second kappa shape index (κ2) is 25.6. The summed E-state index contributed by atoms with van der Waals surface area (Å²) in [6.45, 7) is 3.67. The molecule has 1 aliphatic heterocycles. The first kappa shape index (κ1) is 42.7. The van der Waals surface area contributed by atoms with E-state index in [1.165, 1.54) is 64.2 Å². The predicted molar refractivity (Wildman–Crippen MR) is 174 cm³/mol. The van der Waals surface area contributed by atoms with Gasteiger partial charge < -0.3 is 34.3 Å². The summed E-state index contributed by atoms with van der Waals surface area (Å²) in [6.07, 6.45) is 10.3. The maximum atomic E-state index is 12.4. The largest absolute Gasteiger partial charge is 0.463 e. The van der Waals surface area contributed by atoms with E-state index in [9.17, 15) is 37.9 Å². The Morgan fingerprint density at radius 3 is 1.41 bits per heavy atom. The van der Waals surface area contributed by atoms with Gasteiger partial charge in [0.25, 0.3) is 10.1 Å². The SMILES string of the molecule is CCCCCCCCCCCC(=O)OCC(COC(=O)CCCCCCCCCCC)O[C@@H]1O[C@H](CS(=O)(=O)O)[C@@H](O)[C@H](O)[C@H]1O. The molecule has 46 heavy (non-hydrogen) atoms. The topological polar surface area (TPSA) is 186 Å². The van der Waals surface area contributed by atoms with Crippen molar-refractivity contribution in [3.63, 3.8) is 0 Å². The van der Waals surface area contributed by atoms with E-state index in [0.717, 1.165) is 38.5 Å². The molecule has 0 aromatic rings. The standard InChI is InChI=1S/C33H62O12S/c1-3-5-7-9-11-13-15-17-19-21-28(34)42-23-26(24-43-29(35)22-20-18-16-14-12-10-8-6-4-2)44-33-32(38)31(37)30(36)27(45-33)25-46(39,40)41/h26-27,30-33,36-38H,3-25H2,1-2H3,(H,39,40,41)/t27-,30-,31+,32-,33-/m1/s1. The van der Waals surface area contributed by atoms with Crippen LogP contribution in [-0.2, 0) is 38.7 Å². The molecule has 1 heterocycles. The van der Waals surface area contributed by atoms with Crippen molar-refractivity contribution in [1.29, 1.82) is 0 Å². The van der Waals surface area contributed by atoms with Gasteiger partial charge in [0.05, 0.1) is 0 Å². The zero-order chi connectivity index (χ0) is 34.2. The third-order valence-electron chi connectivity index (χ3n) is 8.20. The second-order valence-corrected chi connectivity index (χ2v) is 14.0. The van der Waals surface area contributed by atoms with Gasteiger partial charge in [-0.1, -0.05) is 117 Å². The van der Waals surface area contributed by atoms with Crippen LogP contribution in [-0.4, -0.2) is 96.0 Å². The molecule has 13 heteroatoms. The molecule has 1 fully saturated rings. The Morgan fingerprint density at radius 1 is 0.630 bits per heavy atom. The Morgan fingerprint density at radius 2 is 1.02 bits per heavy atom. The third-order valence-corrected chi connectivity index (χ3v) is 8.95. The smallest absolute Gasteiger partial charge is 0.305 e. The summed E-state index contributed by atoms with van der Waals surface area (Å²) < 4.78 is 53.7. The van der Waals surface area contributed by atoms with Crippen LogP contribution in [0.1, 0.15) is 142 Å². The number of ether oxygens (including phenoxy) is 4. The van der Waals surface area contributed by atoms with Crippen LogP contribution in [0.4, 0.5) is 0 Å². The lowest BCUT2D eigenvalue weighted by atomic mass is 10.00. The van der Waals surface area contributed by atoms with Gasteiger partial charge in [-0.2, -0.15) is 8.42 Å². The van der Waals surface area contributed by atoms with E-state index in [1.54, 1.807) is 0 Å². The first-order chi connectivity index (χ1) is 22.0. The molecule has 0 aromatic heterocycles. The Balaban J connectivity index is 2.59. The van der Waals surface area contributed by atoms with Gasteiger partial charge in [-0.3, -0.25) is 14.1 Å². The highest BCUT2D eigenvalue weighted by molar-refractivity contribution is 7.85. The van der Waals surface area contributed by atoms with Gasteiger partial charge in [0.15, 0.2) is 6.29 Å². The molecule has 1 rings (SSSR count). The van der Waals surface area contributed by atoms with Gasteiger partial charge >= 0.3 is 11.9 Å². The van der Waals surface area contributed by atoms with Gasteiger partial charge in [0.2, 0.25) is 0 Å². The van der Waals surface area contributed by atoms with Crippen molar-refractivity contribution < 1.29 is 56.8 Å². The lowest BCUT2D eigenvalue weighted by molar-refractivity contribution is -0.308. The van der Waals surface area contributed by atoms with Crippen molar-refractivity contribution in [3.8, 4) is 0 Å². The van der Waals surface area contributed by atoms with Crippen LogP contribution >= 0.6 is 0 Å². The first-order valence-corrected chi connectivity index (χ1v) is 19.2. The zero-order valence-electron chi connectivity index (χ0n) is 28.2. The molecule has 0 spiro atoms. The van der Waals surface area contributed by atoms with Crippen LogP contribution in [0, 0.1) is 0 Å². The highest BCUT2D eigenvalue weighted by Gasteiger charge is 2.46. The van der Waals surface area contributed by atoms with Crippen molar-refractivity contribution in [2.75, 3.05) is 19.0 Å². The fourth-order valence-corrected chi connectivity index (χ4v) is 6.06. The van der Waals surface area contributed by atoms with Gasteiger partial charge in [0.1, 0.15) is 49.5 Å². The molecule has 0 unspecified atom stereocenters. The highest BCUT2D eigenvalue weighted by Crippen LogP contribution is 2.24. The van der Waals surface area contributed by atoms with Gasteiger partial charge in [-0.05, 0) is 12.8 Å². The van der Waals surface area contributed by atoms with Crippen LogP contribution < -0.4 is 0 Å². The predicted octanol–water partition coefficient (Wildman–Crippen LogP) is 5.00. The third kappa shape index (κ3) is 20.8. The monoisotopic (exact) mass is 682 g/mol. The molecule has 272 valence electrons. The normalized spacial score (nSPS) is 21.8. The fraction of sp³-hybridized carbons (Fsp3) is 0.939. The maximum Gasteiger partial charge on any atom is 0.305 e. The van der Waals surface area contributed by atoms with Crippen LogP contribution in [0.15, 0.2) is 0 Å². The molecule has 12 nitrogen and oxygen atoms in total. The molecular formula is C33H62O12S. The summed E-state index contributed by atoms with van der Waals surface area (Å²) in [5, 5.41) is 30.8. The van der Waals surface area contributed by atoms with Gasteiger partial charge in [-0.25, -0.2) is 0 Å². The molecule has 0 aliphatic carbocycles. The summed E-state index contributed by atoms with van der Waals surface area (Å²) in [7, 11) is -4.61. The summed E-state index contributed by atoms with van der Waals surface area (Å²) in [6, 6.07) is 0. The molecule has 0 aromatic carbocycles. The van der Waals surface area contributed by atoms with Crippen molar-refractivity contribution in [3.05, 3.63) is 0 Å². The number of aliphatic hydroxyl groups excluding tert-OH is 3. The average molecular weight is 683 g/mol. The molecule has 1 saturated heterocycles. The average Bonchev–Trinajstić information content (AvgIpc) is 3.01. The number of esters is 2. The maximum absolute atomic E-state index is 12.4. The molecule has 0 radical (unpaired) electrons.